The van der Waals surface area contributed by atoms with Crippen LogP contribution in [-0.2, 0) is 20.8 Å². The minimum Gasteiger partial charge on any atom is -0.370 e. The third-order valence-corrected chi connectivity index (χ3v) is 4.22. The van der Waals surface area contributed by atoms with E-state index < -0.39 is 35.1 Å². The number of hydrogen-bond acceptors (Lipinski definition) is 4. The standard InChI is InChI=1S/C19H29N3O4/c1-19(2,3)16(17(21)24)22(26)18(25)14(12-15(20)23)11-7-10-13-8-5-4-6-9-13/h4-6,8-9,14,16,26H,7,10-12H2,1-3H3,(H2,20,23)(H2,21,24)/t14-,16-/m1/s1. The zero-order chi connectivity index (χ0) is 19.9. The normalized spacial score (nSPS) is 13.7. The Bertz CT molecular complexity index is 625. The maximum atomic E-state index is 12.7. The fourth-order valence-electron chi connectivity index (χ4n) is 2.98. The van der Waals surface area contributed by atoms with Crippen LogP contribution in [0.3, 0.4) is 0 Å². The Balaban J connectivity index is 2.84. The van der Waals surface area contributed by atoms with Gasteiger partial charge in [-0.05, 0) is 30.2 Å². The quantitative estimate of drug-likeness (QED) is 0.455. The van der Waals surface area contributed by atoms with Gasteiger partial charge in [0.05, 0.1) is 0 Å². The van der Waals surface area contributed by atoms with Crippen LogP contribution in [0.2, 0.25) is 0 Å². The maximum absolute atomic E-state index is 12.7. The number of amides is 3. The van der Waals surface area contributed by atoms with Gasteiger partial charge >= 0.3 is 0 Å². The van der Waals surface area contributed by atoms with Crippen LogP contribution in [0.1, 0.15) is 45.6 Å². The summed E-state index contributed by atoms with van der Waals surface area (Å²) >= 11 is 0. The molecule has 7 heteroatoms. The molecule has 0 saturated carbocycles. The molecule has 0 spiro atoms. The summed E-state index contributed by atoms with van der Waals surface area (Å²) in [5.74, 6) is -2.96. The topological polar surface area (TPSA) is 127 Å². The third kappa shape index (κ3) is 6.48. The van der Waals surface area contributed by atoms with Crippen LogP contribution >= 0.6 is 0 Å². The Labute approximate surface area is 154 Å². The van der Waals surface area contributed by atoms with Crippen LogP contribution in [-0.4, -0.2) is 34.0 Å². The van der Waals surface area contributed by atoms with E-state index in [1.807, 2.05) is 30.3 Å². The van der Waals surface area contributed by atoms with Crippen LogP contribution in [0.5, 0.6) is 0 Å². The molecule has 0 radical (unpaired) electrons. The minimum absolute atomic E-state index is 0.194. The minimum atomic E-state index is -1.19. The van der Waals surface area contributed by atoms with Crippen LogP contribution < -0.4 is 11.5 Å². The lowest BCUT2D eigenvalue weighted by Gasteiger charge is -2.35. The molecule has 5 N–H and O–H groups in total. The van der Waals surface area contributed by atoms with Crippen molar-refractivity contribution < 1.29 is 19.6 Å². The molecule has 0 aromatic heterocycles. The Kier molecular flexibility index (Phi) is 7.76. The van der Waals surface area contributed by atoms with Gasteiger partial charge in [0.25, 0.3) is 0 Å². The van der Waals surface area contributed by atoms with Crippen molar-refractivity contribution in [3.63, 3.8) is 0 Å². The Hall–Kier alpha value is -2.41. The highest BCUT2D eigenvalue weighted by atomic mass is 16.5. The van der Waals surface area contributed by atoms with Crippen molar-refractivity contribution in [2.75, 3.05) is 0 Å². The van der Waals surface area contributed by atoms with E-state index in [9.17, 15) is 19.6 Å². The molecule has 0 aliphatic carbocycles. The van der Waals surface area contributed by atoms with E-state index in [1.165, 1.54) is 0 Å². The summed E-state index contributed by atoms with van der Waals surface area (Å²) < 4.78 is 0. The van der Waals surface area contributed by atoms with Crippen LogP contribution in [0, 0.1) is 11.3 Å². The first kappa shape index (κ1) is 21.6. The van der Waals surface area contributed by atoms with E-state index in [-0.39, 0.29) is 6.42 Å². The molecule has 144 valence electrons. The first-order valence-electron chi connectivity index (χ1n) is 8.67. The summed E-state index contributed by atoms with van der Waals surface area (Å²) in [5, 5.41) is 10.7. The lowest BCUT2D eigenvalue weighted by Crippen LogP contribution is -2.54. The molecule has 1 rings (SSSR count). The second-order valence-corrected chi connectivity index (χ2v) is 7.60. The Morgan fingerprint density at radius 3 is 2.15 bits per heavy atom. The highest BCUT2D eigenvalue weighted by Gasteiger charge is 2.39. The highest BCUT2D eigenvalue weighted by Crippen LogP contribution is 2.26. The molecular weight excluding hydrogens is 334 g/mol. The predicted molar refractivity (Wildman–Crippen MR) is 97.8 cm³/mol. The first-order valence-corrected chi connectivity index (χ1v) is 8.67. The smallest absolute Gasteiger partial charge is 0.250 e. The Morgan fingerprint density at radius 2 is 1.69 bits per heavy atom. The predicted octanol–water partition coefficient (Wildman–Crippen LogP) is 1.62. The highest BCUT2D eigenvalue weighted by molar-refractivity contribution is 5.89. The lowest BCUT2D eigenvalue weighted by molar-refractivity contribution is -0.192. The van der Waals surface area contributed by atoms with Gasteiger partial charge in [-0.2, -0.15) is 0 Å². The molecule has 0 saturated heterocycles. The van der Waals surface area contributed by atoms with Crippen LogP contribution in [0.4, 0.5) is 0 Å². The van der Waals surface area contributed by atoms with E-state index in [0.29, 0.717) is 17.9 Å². The lowest BCUT2D eigenvalue weighted by atomic mass is 9.85. The van der Waals surface area contributed by atoms with Crippen molar-refractivity contribution in [2.45, 2.75) is 52.5 Å². The van der Waals surface area contributed by atoms with Crippen molar-refractivity contribution in [2.24, 2.45) is 22.8 Å². The average Bonchev–Trinajstić information content (AvgIpc) is 2.52. The molecule has 0 fully saturated rings. The van der Waals surface area contributed by atoms with E-state index in [0.717, 1.165) is 12.0 Å². The molecule has 0 bridgehead atoms. The number of carbonyl (C=O) groups is 3. The molecular formula is C19H29N3O4. The number of hydrogen-bond donors (Lipinski definition) is 3. The largest absolute Gasteiger partial charge is 0.370 e. The summed E-state index contributed by atoms with van der Waals surface area (Å²) in [5.41, 5.74) is 11.0. The number of nitrogens with two attached hydrogens (primary N) is 2. The molecule has 7 nitrogen and oxygen atoms in total. The Morgan fingerprint density at radius 1 is 1.12 bits per heavy atom. The van der Waals surface area contributed by atoms with E-state index in [1.54, 1.807) is 20.8 Å². The number of primary amides is 2. The molecule has 0 aliphatic rings. The van der Waals surface area contributed by atoms with Crippen molar-refractivity contribution in [1.29, 1.82) is 0 Å². The van der Waals surface area contributed by atoms with Gasteiger partial charge in [0.1, 0.15) is 6.04 Å². The number of benzene rings is 1. The van der Waals surface area contributed by atoms with Gasteiger partial charge in [0, 0.05) is 12.3 Å². The number of carbonyl (C=O) groups excluding carboxylic acids is 3. The van der Waals surface area contributed by atoms with Gasteiger partial charge in [-0.25, -0.2) is 5.06 Å². The molecule has 0 heterocycles. The van der Waals surface area contributed by atoms with Crippen LogP contribution in [0.25, 0.3) is 0 Å². The first-order chi connectivity index (χ1) is 12.0. The van der Waals surface area contributed by atoms with Gasteiger partial charge in [-0.15, -0.1) is 0 Å². The fourth-order valence-corrected chi connectivity index (χ4v) is 2.98. The summed E-state index contributed by atoms with van der Waals surface area (Å²) in [6.45, 7) is 5.08. The number of nitrogens with zero attached hydrogens (tertiary/aromatic N) is 1. The molecule has 0 aliphatic heterocycles. The van der Waals surface area contributed by atoms with E-state index in [4.69, 9.17) is 11.5 Å². The number of aryl methyl sites for hydroxylation is 1. The monoisotopic (exact) mass is 363 g/mol. The maximum Gasteiger partial charge on any atom is 0.250 e. The molecule has 3 amide bonds. The average molecular weight is 363 g/mol. The molecule has 2 atom stereocenters. The van der Waals surface area contributed by atoms with Crippen molar-refractivity contribution in [3.05, 3.63) is 35.9 Å². The SMILES string of the molecule is CC(C)(C)[C@@H](C(N)=O)N(O)C(=O)[C@H](CCCc1ccccc1)CC(N)=O. The third-order valence-electron chi connectivity index (χ3n) is 4.22. The van der Waals surface area contributed by atoms with Gasteiger partial charge < -0.3 is 11.5 Å². The van der Waals surface area contributed by atoms with Crippen molar-refractivity contribution in [1.82, 2.24) is 5.06 Å². The van der Waals surface area contributed by atoms with Crippen molar-refractivity contribution >= 4 is 17.7 Å². The van der Waals surface area contributed by atoms with Gasteiger partial charge in [0.15, 0.2) is 0 Å². The fraction of sp³-hybridized carbons (Fsp3) is 0.526. The summed E-state index contributed by atoms with van der Waals surface area (Å²) in [7, 11) is 0. The van der Waals surface area contributed by atoms with Gasteiger partial charge in [-0.3, -0.25) is 19.6 Å². The zero-order valence-corrected chi connectivity index (χ0v) is 15.6. The van der Waals surface area contributed by atoms with E-state index >= 15 is 0 Å². The summed E-state index contributed by atoms with van der Waals surface area (Å²) in [6, 6.07) is 8.54. The van der Waals surface area contributed by atoms with Crippen LogP contribution in [0.15, 0.2) is 30.3 Å². The second-order valence-electron chi connectivity index (χ2n) is 7.60. The van der Waals surface area contributed by atoms with E-state index in [2.05, 4.69) is 0 Å². The van der Waals surface area contributed by atoms with Crippen molar-refractivity contribution in [3.8, 4) is 0 Å². The zero-order valence-electron chi connectivity index (χ0n) is 15.6. The summed E-state index contributed by atoms with van der Waals surface area (Å²) in [6.07, 6.45) is 1.54. The number of rotatable bonds is 9. The molecule has 1 aromatic rings. The molecule has 26 heavy (non-hydrogen) atoms. The summed E-state index contributed by atoms with van der Waals surface area (Å²) in [4.78, 5) is 35.7. The molecule has 1 aromatic carbocycles. The second kappa shape index (κ2) is 9.33. The number of hydroxylamine groups is 2. The van der Waals surface area contributed by atoms with Gasteiger partial charge in [0.2, 0.25) is 17.7 Å². The molecule has 0 unspecified atom stereocenters. The van der Waals surface area contributed by atoms with Gasteiger partial charge in [-0.1, -0.05) is 51.1 Å².